The maximum absolute atomic E-state index is 14.9. The number of carbonyl (C=O) groups excluding carboxylic acids is 2. The third-order valence-electron chi connectivity index (χ3n) is 6.58. The third kappa shape index (κ3) is 3.41. The van der Waals surface area contributed by atoms with Crippen molar-refractivity contribution in [1.29, 1.82) is 0 Å². The molecule has 2 aliphatic rings. The second-order valence-electron chi connectivity index (χ2n) is 8.62. The van der Waals surface area contributed by atoms with Crippen LogP contribution in [0.4, 0.5) is 23.7 Å². The summed E-state index contributed by atoms with van der Waals surface area (Å²) < 4.78 is 49.1. The van der Waals surface area contributed by atoms with Crippen LogP contribution in [-0.4, -0.2) is 24.5 Å². The van der Waals surface area contributed by atoms with Crippen LogP contribution in [0.25, 0.3) is 11.1 Å². The van der Waals surface area contributed by atoms with Crippen LogP contribution in [-0.2, 0) is 10.7 Å². The molecule has 0 bridgehead atoms. The lowest BCUT2D eigenvalue weighted by Gasteiger charge is -2.32. The van der Waals surface area contributed by atoms with Gasteiger partial charge in [0, 0.05) is 23.6 Å². The van der Waals surface area contributed by atoms with Crippen LogP contribution in [0, 0.1) is 12.7 Å². The predicted molar refractivity (Wildman–Crippen MR) is 120 cm³/mol. The number of nitrogens with two attached hydrogens (primary N) is 1. The summed E-state index contributed by atoms with van der Waals surface area (Å²) in [6.45, 7) is 1.15. The molecule has 1 atom stereocenters. The van der Waals surface area contributed by atoms with E-state index in [1.54, 1.807) is 0 Å². The van der Waals surface area contributed by atoms with Crippen molar-refractivity contribution in [3.8, 4) is 11.1 Å². The van der Waals surface area contributed by atoms with Crippen LogP contribution in [0.15, 0.2) is 54.6 Å². The number of alkyl carbamates (subject to hydrolysis) is 1. The van der Waals surface area contributed by atoms with Crippen molar-refractivity contribution >= 4 is 17.6 Å². The number of nitrogen functional groups attached to an aromatic ring is 1. The highest BCUT2D eigenvalue weighted by atomic mass is 19.3. The van der Waals surface area contributed by atoms with Gasteiger partial charge in [-0.3, -0.25) is 4.79 Å². The van der Waals surface area contributed by atoms with Crippen LogP contribution in [0.5, 0.6) is 0 Å². The van der Waals surface area contributed by atoms with E-state index in [-0.39, 0.29) is 23.8 Å². The summed E-state index contributed by atoms with van der Waals surface area (Å²) in [4.78, 5) is 25.5. The first-order chi connectivity index (χ1) is 16.2. The van der Waals surface area contributed by atoms with E-state index in [1.165, 1.54) is 6.92 Å². The Kier molecular flexibility index (Phi) is 5.11. The topological polar surface area (TPSA) is 81.4 Å². The average molecular weight is 466 g/mol. The van der Waals surface area contributed by atoms with E-state index >= 15 is 0 Å². The van der Waals surface area contributed by atoms with Gasteiger partial charge in [-0.2, -0.15) is 0 Å². The van der Waals surface area contributed by atoms with E-state index < -0.39 is 47.2 Å². The van der Waals surface area contributed by atoms with Gasteiger partial charge in [0.1, 0.15) is 18.5 Å². The van der Waals surface area contributed by atoms with Gasteiger partial charge in [0.05, 0.1) is 5.56 Å². The molecule has 0 saturated heterocycles. The summed E-state index contributed by atoms with van der Waals surface area (Å²) >= 11 is 0. The Labute approximate surface area is 193 Å². The number of nitrogens with one attached hydrogen (secondary N) is 1. The molecule has 8 heteroatoms. The molecule has 0 fully saturated rings. The minimum absolute atomic E-state index is 0.0276. The van der Waals surface area contributed by atoms with Crippen molar-refractivity contribution < 1.29 is 27.5 Å². The van der Waals surface area contributed by atoms with E-state index in [2.05, 4.69) is 5.32 Å². The van der Waals surface area contributed by atoms with Crippen LogP contribution in [0.3, 0.4) is 0 Å². The summed E-state index contributed by atoms with van der Waals surface area (Å²) in [5, 5.41) is 2.26. The normalized spacial score (nSPS) is 18.1. The SMILES string of the molecule is Cc1c(F)cc(N)c2c1C(F)(F)CC(NC(=O)OCC1c3ccccc3-c3ccccc31)C2=O. The van der Waals surface area contributed by atoms with Gasteiger partial charge in [-0.05, 0) is 40.8 Å². The Morgan fingerprint density at radius 3 is 2.32 bits per heavy atom. The molecule has 2 aliphatic carbocycles. The number of halogens is 3. The number of alkyl halides is 2. The fraction of sp³-hybridized carbons (Fsp3) is 0.231. The van der Waals surface area contributed by atoms with Crippen LogP contribution >= 0.6 is 0 Å². The molecule has 0 radical (unpaired) electrons. The Morgan fingerprint density at radius 2 is 1.71 bits per heavy atom. The lowest BCUT2D eigenvalue weighted by atomic mass is 9.81. The zero-order valence-corrected chi connectivity index (χ0v) is 18.2. The monoisotopic (exact) mass is 466 g/mol. The van der Waals surface area contributed by atoms with Gasteiger partial charge in [-0.15, -0.1) is 0 Å². The maximum Gasteiger partial charge on any atom is 0.407 e. The van der Waals surface area contributed by atoms with E-state index in [0.717, 1.165) is 28.3 Å². The molecular formula is C26H21F3N2O3. The molecule has 5 nitrogen and oxygen atoms in total. The first-order valence-electron chi connectivity index (χ1n) is 10.8. The average Bonchev–Trinajstić information content (AvgIpc) is 3.12. The molecule has 3 N–H and O–H groups in total. The van der Waals surface area contributed by atoms with Crippen molar-refractivity contribution in [3.05, 3.63) is 88.2 Å². The maximum atomic E-state index is 14.9. The number of carbonyl (C=O) groups is 2. The number of Topliss-reactive ketones (excluding diaryl/α,β-unsaturated/α-hetero) is 1. The Hall–Kier alpha value is -3.81. The Bertz CT molecular complexity index is 1290. The number of fused-ring (bicyclic) bond motifs is 4. The van der Waals surface area contributed by atoms with Gasteiger partial charge in [-0.1, -0.05) is 48.5 Å². The van der Waals surface area contributed by atoms with Crippen molar-refractivity contribution in [1.82, 2.24) is 5.32 Å². The fourth-order valence-corrected chi connectivity index (χ4v) is 5.02. The zero-order chi connectivity index (χ0) is 24.2. The number of ether oxygens (including phenoxy) is 1. The molecule has 0 spiro atoms. The molecule has 5 rings (SSSR count). The largest absolute Gasteiger partial charge is 0.449 e. The van der Waals surface area contributed by atoms with Crippen molar-refractivity contribution in [3.63, 3.8) is 0 Å². The van der Waals surface area contributed by atoms with E-state index in [0.29, 0.717) is 0 Å². The second kappa shape index (κ2) is 7.90. The zero-order valence-electron chi connectivity index (χ0n) is 18.2. The molecule has 3 aromatic carbocycles. The molecule has 1 amide bonds. The molecule has 3 aromatic rings. The predicted octanol–water partition coefficient (Wildman–Crippen LogP) is 5.30. The molecule has 34 heavy (non-hydrogen) atoms. The van der Waals surface area contributed by atoms with E-state index in [1.807, 2.05) is 48.5 Å². The number of hydrogen-bond donors (Lipinski definition) is 2. The minimum Gasteiger partial charge on any atom is -0.449 e. The molecule has 1 unspecified atom stereocenters. The first-order valence-corrected chi connectivity index (χ1v) is 10.8. The van der Waals surface area contributed by atoms with Gasteiger partial charge >= 0.3 is 6.09 Å². The van der Waals surface area contributed by atoms with Crippen molar-refractivity contribution in [2.24, 2.45) is 0 Å². The molecule has 0 saturated carbocycles. The lowest BCUT2D eigenvalue weighted by molar-refractivity contribution is -0.0274. The smallest absolute Gasteiger partial charge is 0.407 e. The highest BCUT2D eigenvalue weighted by Crippen LogP contribution is 2.46. The molecule has 0 heterocycles. The van der Waals surface area contributed by atoms with Crippen molar-refractivity contribution in [2.75, 3.05) is 12.3 Å². The van der Waals surface area contributed by atoms with Crippen LogP contribution in [0.1, 0.15) is 45.0 Å². The summed E-state index contributed by atoms with van der Waals surface area (Å²) in [5.41, 5.74) is 7.89. The molecule has 0 aromatic heterocycles. The highest BCUT2D eigenvalue weighted by molar-refractivity contribution is 6.08. The lowest BCUT2D eigenvalue weighted by Crippen LogP contribution is -2.48. The van der Waals surface area contributed by atoms with E-state index in [4.69, 9.17) is 10.5 Å². The Morgan fingerprint density at radius 1 is 1.12 bits per heavy atom. The van der Waals surface area contributed by atoms with E-state index in [9.17, 15) is 22.8 Å². The third-order valence-corrected chi connectivity index (χ3v) is 6.58. The van der Waals surface area contributed by atoms with Gasteiger partial charge in [-0.25, -0.2) is 18.0 Å². The van der Waals surface area contributed by atoms with Gasteiger partial charge in [0.25, 0.3) is 5.92 Å². The number of hydrogen-bond acceptors (Lipinski definition) is 4. The van der Waals surface area contributed by atoms with Crippen molar-refractivity contribution in [2.45, 2.75) is 31.2 Å². The number of anilines is 1. The minimum atomic E-state index is -3.55. The summed E-state index contributed by atoms with van der Waals surface area (Å²) in [6, 6.07) is 14.8. The molecule has 0 aliphatic heterocycles. The summed E-state index contributed by atoms with van der Waals surface area (Å²) in [5.74, 6) is -5.48. The molecule has 174 valence electrons. The summed E-state index contributed by atoms with van der Waals surface area (Å²) in [7, 11) is 0. The fourth-order valence-electron chi connectivity index (χ4n) is 5.02. The second-order valence-corrected chi connectivity index (χ2v) is 8.62. The van der Waals surface area contributed by atoms with Gasteiger partial charge in [0.15, 0.2) is 5.78 Å². The van der Waals surface area contributed by atoms with Crippen LogP contribution < -0.4 is 11.1 Å². The Balaban J connectivity index is 1.34. The van der Waals surface area contributed by atoms with Gasteiger partial charge < -0.3 is 15.8 Å². The quantitative estimate of drug-likeness (QED) is 0.513. The molecular weight excluding hydrogens is 445 g/mol. The number of amides is 1. The standard InChI is InChI=1S/C26H21F3N2O3/c1-13-19(27)10-20(30)22-23(13)26(28,29)11-21(24(22)32)31-25(33)34-12-18-16-8-4-2-6-14(16)15-7-3-5-9-17(15)18/h2-10,18,21H,11-12,30H2,1H3,(H,31,33). The van der Waals surface area contributed by atoms with Gasteiger partial charge in [0.2, 0.25) is 0 Å². The highest BCUT2D eigenvalue weighted by Gasteiger charge is 2.48. The van der Waals surface area contributed by atoms with Crippen LogP contribution in [0.2, 0.25) is 0 Å². The number of benzene rings is 3. The number of rotatable bonds is 3. The summed E-state index contributed by atoms with van der Waals surface area (Å²) in [6.07, 6.45) is -2.00. The first kappa shape index (κ1) is 22.0. The number of ketones is 1.